The first kappa shape index (κ1) is 11.5. The minimum Gasteiger partial charge on any atom is -0.493 e. The van der Waals surface area contributed by atoms with Gasteiger partial charge >= 0.3 is 0 Å². The minimum atomic E-state index is 0.376. The van der Waals surface area contributed by atoms with Gasteiger partial charge in [-0.25, -0.2) is 4.98 Å². The van der Waals surface area contributed by atoms with Crippen LogP contribution in [0.15, 0.2) is 36.5 Å². The maximum Gasteiger partial charge on any atom is 0.162 e. The average molecular weight is 255 g/mol. The molecule has 19 heavy (non-hydrogen) atoms. The molecule has 2 aromatic heterocycles. The number of hydrogen-bond acceptors (Lipinski definition) is 4. The van der Waals surface area contributed by atoms with Gasteiger partial charge in [0.1, 0.15) is 11.1 Å². The maximum atomic E-state index is 8.26. The van der Waals surface area contributed by atoms with E-state index in [1.165, 1.54) is 0 Å². The first-order valence-electron chi connectivity index (χ1n) is 5.82. The topological polar surface area (TPSA) is 59.6 Å². The van der Waals surface area contributed by atoms with Crippen LogP contribution in [-0.4, -0.2) is 23.6 Å². The zero-order chi connectivity index (χ0) is 13.4. The third-order valence-electron chi connectivity index (χ3n) is 3.07. The molecule has 1 aromatic carbocycles. The molecule has 0 aliphatic rings. The summed E-state index contributed by atoms with van der Waals surface area (Å²) >= 11 is 0. The lowest BCUT2D eigenvalue weighted by Crippen LogP contribution is -2.15. The number of fused-ring (bicyclic) bond motifs is 2. The van der Waals surface area contributed by atoms with E-state index in [4.69, 9.17) is 14.9 Å². The zero-order valence-electron chi connectivity index (χ0n) is 10.7. The average Bonchev–Trinajstić information content (AvgIpc) is 2.46. The van der Waals surface area contributed by atoms with Crippen molar-refractivity contribution in [3.05, 3.63) is 42.0 Å². The van der Waals surface area contributed by atoms with E-state index < -0.39 is 0 Å². The van der Waals surface area contributed by atoms with Crippen LogP contribution in [0.3, 0.4) is 0 Å². The van der Waals surface area contributed by atoms with Crippen LogP contribution in [0.4, 0.5) is 0 Å². The molecular weight excluding hydrogens is 242 g/mol. The normalized spacial score (nSPS) is 10.8. The third-order valence-corrected chi connectivity index (χ3v) is 3.07. The van der Waals surface area contributed by atoms with Crippen molar-refractivity contribution in [2.24, 2.45) is 0 Å². The lowest BCUT2D eigenvalue weighted by Gasteiger charge is -2.10. The molecule has 0 radical (unpaired) electrons. The van der Waals surface area contributed by atoms with Crippen LogP contribution in [0.1, 0.15) is 0 Å². The molecule has 0 atom stereocenters. The summed E-state index contributed by atoms with van der Waals surface area (Å²) < 4.78 is 12.3. The molecule has 3 aromatic rings. The number of nitrogens with zero attached hydrogens (tertiary/aromatic N) is 2. The molecule has 2 heterocycles. The van der Waals surface area contributed by atoms with E-state index in [0.717, 1.165) is 11.0 Å². The molecule has 0 saturated heterocycles. The van der Waals surface area contributed by atoms with Crippen LogP contribution in [0.25, 0.3) is 16.6 Å². The molecule has 96 valence electrons. The van der Waals surface area contributed by atoms with E-state index >= 15 is 0 Å². The fraction of sp³-hybridized carbons (Fsp3) is 0.143. The molecule has 0 spiro atoms. The van der Waals surface area contributed by atoms with E-state index in [1.807, 2.05) is 24.4 Å². The Morgan fingerprint density at radius 2 is 1.84 bits per heavy atom. The summed E-state index contributed by atoms with van der Waals surface area (Å²) in [5.74, 6) is 1.21. The fourth-order valence-electron chi connectivity index (χ4n) is 2.12. The second kappa shape index (κ2) is 4.28. The number of methoxy groups -OCH3 is 2. The number of hydrogen-bond donors (Lipinski definition) is 1. The Hall–Kier alpha value is -2.56. The van der Waals surface area contributed by atoms with E-state index in [-0.39, 0.29) is 0 Å². The number of nitrogens with one attached hydrogen (secondary N) is 1. The summed E-state index contributed by atoms with van der Waals surface area (Å²) in [6, 6.07) is 9.21. The second-order valence-corrected chi connectivity index (χ2v) is 4.11. The van der Waals surface area contributed by atoms with E-state index in [2.05, 4.69) is 4.98 Å². The van der Waals surface area contributed by atoms with Crippen molar-refractivity contribution in [1.82, 2.24) is 9.38 Å². The monoisotopic (exact) mass is 255 g/mol. The quantitative estimate of drug-likeness (QED) is 0.712. The summed E-state index contributed by atoms with van der Waals surface area (Å²) in [5, 5.41) is 8.98. The first-order chi connectivity index (χ1) is 9.24. The first-order valence-corrected chi connectivity index (χ1v) is 5.82. The zero-order valence-corrected chi connectivity index (χ0v) is 10.7. The molecular formula is C14H13N3O2. The number of rotatable bonds is 2. The number of pyridine rings is 1. The SMILES string of the molecule is COc1cc2nc3ccccn3c(=N)c2cc1OC. The molecule has 0 saturated carbocycles. The van der Waals surface area contributed by atoms with Crippen molar-refractivity contribution in [2.75, 3.05) is 14.2 Å². The largest absolute Gasteiger partial charge is 0.493 e. The Labute approximate surface area is 109 Å². The summed E-state index contributed by atoms with van der Waals surface area (Å²) in [6.45, 7) is 0. The van der Waals surface area contributed by atoms with Crippen molar-refractivity contribution in [2.45, 2.75) is 0 Å². The van der Waals surface area contributed by atoms with Crippen LogP contribution in [-0.2, 0) is 0 Å². The summed E-state index contributed by atoms with van der Waals surface area (Å²) in [7, 11) is 3.16. The fourth-order valence-corrected chi connectivity index (χ4v) is 2.12. The van der Waals surface area contributed by atoms with Gasteiger partial charge in [0.15, 0.2) is 11.5 Å². The van der Waals surface area contributed by atoms with E-state index in [0.29, 0.717) is 22.5 Å². The Bertz CT molecular complexity index is 824. The third kappa shape index (κ3) is 1.71. The van der Waals surface area contributed by atoms with Crippen LogP contribution >= 0.6 is 0 Å². The van der Waals surface area contributed by atoms with Gasteiger partial charge in [0.05, 0.1) is 19.7 Å². The Morgan fingerprint density at radius 3 is 2.58 bits per heavy atom. The number of benzene rings is 1. The van der Waals surface area contributed by atoms with Crippen molar-refractivity contribution in [3.63, 3.8) is 0 Å². The smallest absolute Gasteiger partial charge is 0.162 e. The number of ether oxygens (including phenoxy) is 2. The standard InChI is InChI=1S/C14H13N3O2/c1-18-11-7-9-10(8-12(11)19-2)16-13-5-3-4-6-17(13)14(9)15/h3-8,15H,1-2H3. The van der Waals surface area contributed by atoms with Crippen molar-refractivity contribution < 1.29 is 9.47 Å². The maximum absolute atomic E-state index is 8.26. The van der Waals surface area contributed by atoms with Crippen molar-refractivity contribution in [1.29, 1.82) is 5.41 Å². The molecule has 0 aliphatic heterocycles. The predicted molar refractivity (Wildman–Crippen MR) is 71.7 cm³/mol. The van der Waals surface area contributed by atoms with Crippen LogP contribution < -0.4 is 15.0 Å². The lowest BCUT2D eigenvalue weighted by molar-refractivity contribution is 0.355. The molecule has 1 N–H and O–H groups in total. The van der Waals surface area contributed by atoms with Gasteiger partial charge in [0.2, 0.25) is 0 Å². The van der Waals surface area contributed by atoms with Crippen molar-refractivity contribution >= 4 is 16.6 Å². The molecule has 0 unspecified atom stereocenters. The Morgan fingerprint density at radius 1 is 1.11 bits per heavy atom. The molecule has 0 aliphatic carbocycles. The summed E-state index contributed by atoms with van der Waals surface area (Å²) in [4.78, 5) is 4.53. The number of aromatic nitrogens is 2. The van der Waals surface area contributed by atoms with Gasteiger partial charge in [-0.2, -0.15) is 0 Å². The van der Waals surface area contributed by atoms with Crippen LogP contribution in [0, 0.1) is 5.41 Å². The van der Waals surface area contributed by atoms with Gasteiger partial charge in [0, 0.05) is 17.6 Å². The van der Waals surface area contributed by atoms with Crippen LogP contribution in [0.5, 0.6) is 11.5 Å². The lowest BCUT2D eigenvalue weighted by atomic mass is 10.2. The van der Waals surface area contributed by atoms with Gasteiger partial charge in [-0.15, -0.1) is 0 Å². The highest BCUT2D eigenvalue weighted by atomic mass is 16.5. The Kier molecular flexibility index (Phi) is 2.59. The van der Waals surface area contributed by atoms with Crippen LogP contribution in [0.2, 0.25) is 0 Å². The van der Waals surface area contributed by atoms with Gasteiger partial charge in [0.25, 0.3) is 0 Å². The summed E-state index contributed by atoms with van der Waals surface area (Å²) in [5.41, 5.74) is 1.82. The van der Waals surface area contributed by atoms with Gasteiger partial charge in [-0.3, -0.25) is 9.81 Å². The minimum absolute atomic E-state index is 0.376. The predicted octanol–water partition coefficient (Wildman–Crippen LogP) is 1.98. The molecule has 5 nitrogen and oxygen atoms in total. The molecule has 0 amide bonds. The molecule has 3 rings (SSSR count). The highest BCUT2D eigenvalue weighted by molar-refractivity contribution is 5.83. The Balaban J connectivity index is 2.48. The molecule has 5 heteroatoms. The van der Waals surface area contributed by atoms with Gasteiger partial charge in [-0.05, 0) is 18.2 Å². The summed E-state index contributed by atoms with van der Waals surface area (Å²) in [6.07, 6.45) is 1.82. The van der Waals surface area contributed by atoms with Gasteiger partial charge < -0.3 is 9.47 Å². The molecule has 0 fully saturated rings. The van der Waals surface area contributed by atoms with Crippen molar-refractivity contribution in [3.8, 4) is 11.5 Å². The highest BCUT2D eigenvalue weighted by Crippen LogP contribution is 2.30. The molecule has 0 bridgehead atoms. The van der Waals surface area contributed by atoms with E-state index in [1.54, 1.807) is 30.8 Å². The second-order valence-electron chi connectivity index (χ2n) is 4.11. The highest BCUT2D eigenvalue weighted by Gasteiger charge is 2.09. The van der Waals surface area contributed by atoms with E-state index in [9.17, 15) is 0 Å². The van der Waals surface area contributed by atoms with Gasteiger partial charge in [-0.1, -0.05) is 6.07 Å².